The van der Waals surface area contributed by atoms with Crippen LogP contribution < -0.4 is 15.4 Å². The lowest BCUT2D eigenvalue weighted by Crippen LogP contribution is -2.42. The number of hydrogen-bond donors (Lipinski definition) is 2. The first-order valence-electron chi connectivity index (χ1n) is 10.1. The average molecular weight is 388 g/mol. The molecule has 28 heavy (non-hydrogen) atoms. The molecule has 0 radical (unpaired) electrons. The molecule has 6 nitrogen and oxygen atoms in total. The predicted octanol–water partition coefficient (Wildman–Crippen LogP) is 2.73. The highest BCUT2D eigenvalue weighted by Crippen LogP contribution is 2.36. The van der Waals surface area contributed by atoms with Crippen molar-refractivity contribution in [1.29, 1.82) is 0 Å². The summed E-state index contributed by atoms with van der Waals surface area (Å²) < 4.78 is 5.91. The summed E-state index contributed by atoms with van der Waals surface area (Å²) in [4.78, 5) is 25.1. The number of benzene rings is 1. The van der Waals surface area contributed by atoms with E-state index in [0.717, 1.165) is 41.8 Å². The lowest BCUT2D eigenvalue weighted by atomic mass is 10.1. The number of unbranched alkanes of at least 4 members (excludes halogenated alkanes) is 3. The highest BCUT2D eigenvalue weighted by molar-refractivity contribution is 5.85. The van der Waals surface area contributed by atoms with Crippen LogP contribution in [-0.4, -0.2) is 50.4 Å². The first kappa shape index (κ1) is 22.0. The van der Waals surface area contributed by atoms with Gasteiger partial charge in [0.1, 0.15) is 18.1 Å². The summed E-state index contributed by atoms with van der Waals surface area (Å²) in [6, 6.07) is 5.63. The number of nitrogens with zero attached hydrogens (tertiary/aromatic N) is 1. The predicted molar refractivity (Wildman–Crippen MR) is 112 cm³/mol. The van der Waals surface area contributed by atoms with E-state index in [0.29, 0.717) is 26.0 Å². The molecule has 1 heterocycles. The van der Waals surface area contributed by atoms with Gasteiger partial charge >= 0.3 is 0 Å². The number of carbonyl (C=O) groups is 2. The fourth-order valence-electron chi connectivity index (χ4n) is 3.57. The van der Waals surface area contributed by atoms with Crippen molar-refractivity contribution in [2.45, 2.75) is 51.1 Å². The summed E-state index contributed by atoms with van der Waals surface area (Å²) in [5.74, 6) is 0.763. The minimum Gasteiger partial charge on any atom is -0.494 e. The standard InChI is InChI=1S/C22H33N3O3/c1-17-20-11-10-19(28-14-7-5-4-6-12-23-2)15-18(20)16-25(17)21(9-8-13-26)22(27)24-3/h10-11,13,15,21,23H,1,4-9,12,14,16H2,2-3H3,(H,24,27). The van der Waals surface area contributed by atoms with Gasteiger partial charge < -0.3 is 25.1 Å². The third-order valence-electron chi connectivity index (χ3n) is 5.15. The van der Waals surface area contributed by atoms with E-state index in [-0.39, 0.29) is 5.91 Å². The molecule has 6 heteroatoms. The molecule has 0 spiro atoms. The zero-order valence-corrected chi connectivity index (χ0v) is 17.1. The molecular formula is C22H33N3O3. The Kier molecular flexibility index (Phi) is 9.01. The molecule has 0 saturated carbocycles. The van der Waals surface area contributed by atoms with Gasteiger partial charge in [-0.2, -0.15) is 0 Å². The maximum Gasteiger partial charge on any atom is 0.242 e. The van der Waals surface area contributed by atoms with E-state index in [9.17, 15) is 9.59 Å². The Hall–Kier alpha value is -2.34. The molecule has 1 aromatic rings. The number of hydrogen-bond acceptors (Lipinski definition) is 5. The first-order chi connectivity index (χ1) is 13.6. The Morgan fingerprint density at radius 1 is 1.29 bits per heavy atom. The van der Waals surface area contributed by atoms with Gasteiger partial charge in [0, 0.05) is 31.3 Å². The Morgan fingerprint density at radius 3 is 2.79 bits per heavy atom. The normalized spacial score (nSPS) is 13.9. The molecule has 0 bridgehead atoms. The molecule has 2 rings (SSSR count). The monoisotopic (exact) mass is 387 g/mol. The number of rotatable bonds is 13. The Bertz CT molecular complexity index is 675. The van der Waals surface area contributed by atoms with Gasteiger partial charge in [0.15, 0.2) is 0 Å². The summed E-state index contributed by atoms with van der Waals surface area (Å²) >= 11 is 0. The molecule has 1 aromatic carbocycles. The maximum absolute atomic E-state index is 12.3. The second-order valence-electron chi connectivity index (χ2n) is 7.13. The molecule has 0 aromatic heterocycles. The molecule has 1 unspecified atom stereocenters. The van der Waals surface area contributed by atoms with Crippen LogP contribution in [0, 0.1) is 0 Å². The van der Waals surface area contributed by atoms with E-state index in [4.69, 9.17) is 4.74 Å². The topological polar surface area (TPSA) is 70.7 Å². The Morgan fingerprint density at radius 2 is 2.07 bits per heavy atom. The third-order valence-corrected chi connectivity index (χ3v) is 5.15. The van der Waals surface area contributed by atoms with Crippen LogP contribution in [0.3, 0.4) is 0 Å². The van der Waals surface area contributed by atoms with Crippen LogP contribution in [0.5, 0.6) is 5.75 Å². The van der Waals surface area contributed by atoms with Crippen LogP contribution >= 0.6 is 0 Å². The second kappa shape index (κ2) is 11.5. The van der Waals surface area contributed by atoms with Gasteiger partial charge in [-0.15, -0.1) is 0 Å². The van der Waals surface area contributed by atoms with E-state index < -0.39 is 6.04 Å². The lowest BCUT2D eigenvalue weighted by Gasteiger charge is -2.28. The third kappa shape index (κ3) is 5.83. The van der Waals surface area contributed by atoms with E-state index >= 15 is 0 Å². The minimum absolute atomic E-state index is 0.0921. The van der Waals surface area contributed by atoms with Gasteiger partial charge in [-0.25, -0.2) is 0 Å². The van der Waals surface area contributed by atoms with E-state index in [2.05, 4.69) is 17.2 Å². The van der Waals surface area contributed by atoms with Gasteiger partial charge in [0.05, 0.1) is 6.61 Å². The largest absolute Gasteiger partial charge is 0.494 e. The fraction of sp³-hybridized carbons (Fsp3) is 0.545. The van der Waals surface area contributed by atoms with Crippen molar-refractivity contribution in [3.05, 3.63) is 35.9 Å². The van der Waals surface area contributed by atoms with Gasteiger partial charge in [0.25, 0.3) is 0 Å². The molecule has 1 atom stereocenters. The van der Waals surface area contributed by atoms with E-state index in [1.165, 1.54) is 19.3 Å². The molecule has 0 saturated heterocycles. The lowest BCUT2D eigenvalue weighted by molar-refractivity contribution is -0.125. The Balaban J connectivity index is 1.93. The van der Waals surface area contributed by atoms with Gasteiger partial charge in [-0.1, -0.05) is 19.4 Å². The van der Waals surface area contributed by atoms with Crippen LogP contribution in [0.2, 0.25) is 0 Å². The molecule has 154 valence electrons. The Labute approximate surface area is 168 Å². The number of fused-ring (bicyclic) bond motifs is 1. The van der Waals surface area contributed by atoms with Crippen LogP contribution in [0.25, 0.3) is 5.70 Å². The van der Waals surface area contributed by atoms with Crippen LogP contribution in [-0.2, 0) is 16.1 Å². The van der Waals surface area contributed by atoms with E-state index in [1.807, 2.05) is 30.1 Å². The van der Waals surface area contributed by atoms with Crippen molar-refractivity contribution in [2.24, 2.45) is 0 Å². The number of nitrogens with one attached hydrogen (secondary N) is 2. The SMILES string of the molecule is C=C1c2ccc(OCCCCCCNC)cc2CN1C(CCC=O)C(=O)NC. The minimum atomic E-state index is -0.392. The van der Waals surface area contributed by atoms with Crippen molar-refractivity contribution in [3.8, 4) is 5.75 Å². The summed E-state index contributed by atoms with van der Waals surface area (Å²) in [7, 11) is 3.60. The van der Waals surface area contributed by atoms with Crippen molar-refractivity contribution < 1.29 is 14.3 Å². The molecule has 0 fully saturated rings. The average Bonchev–Trinajstić information content (AvgIpc) is 3.03. The highest BCUT2D eigenvalue weighted by atomic mass is 16.5. The highest BCUT2D eigenvalue weighted by Gasteiger charge is 2.32. The van der Waals surface area contributed by atoms with Crippen molar-refractivity contribution in [2.75, 3.05) is 27.2 Å². The van der Waals surface area contributed by atoms with Gasteiger partial charge in [0.2, 0.25) is 5.91 Å². The molecule has 0 aliphatic carbocycles. The number of likely N-dealkylation sites (N-methyl/N-ethyl adjacent to an activating group) is 1. The molecule has 1 aliphatic heterocycles. The smallest absolute Gasteiger partial charge is 0.242 e. The van der Waals surface area contributed by atoms with Crippen molar-refractivity contribution >= 4 is 17.9 Å². The fourth-order valence-corrected chi connectivity index (χ4v) is 3.57. The first-order valence-corrected chi connectivity index (χ1v) is 10.1. The maximum atomic E-state index is 12.3. The molecular weight excluding hydrogens is 354 g/mol. The second-order valence-corrected chi connectivity index (χ2v) is 7.13. The van der Waals surface area contributed by atoms with Crippen molar-refractivity contribution in [3.63, 3.8) is 0 Å². The number of carbonyl (C=O) groups excluding carboxylic acids is 2. The van der Waals surface area contributed by atoms with Gasteiger partial charge in [-0.05, 0) is 56.6 Å². The van der Waals surface area contributed by atoms with Crippen LogP contribution in [0.1, 0.15) is 49.7 Å². The van der Waals surface area contributed by atoms with E-state index in [1.54, 1.807) is 7.05 Å². The van der Waals surface area contributed by atoms with Crippen molar-refractivity contribution in [1.82, 2.24) is 15.5 Å². The quantitative estimate of drug-likeness (QED) is 0.402. The summed E-state index contributed by atoms with van der Waals surface area (Å²) in [6.45, 7) is 6.56. The number of amides is 1. The molecule has 1 aliphatic rings. The number of ether oxygens (including phenoxy) is 1. The van der Waals surface area contributed by atoms with Crippen LogP contribution in [0.15, 0.2) is 24.8 Å². The zero-order chi connectivity index (χ0) is 20.4. The summed E-state index contributed by atoms with van der Waals surface area (Å²) in [5.41, 5.74) is 2.97. The molecule has 1 amide bonds. The van der Waals surface area contributed by atoms with Gasteiger partial charge in [-0.3, -0.25) is 4.79 Å². The zero-order valence-electron chi connectivity index (χ0n) is 17.1. The summed E-state index contributed by atoms with van der Waals surface area (Å²) in [6.07, 6.45) is 6.31. The van der Waals surface area contributed by atoms with Crippen LogP contribution in [0.4, 0.5) is 0 Å². The molecule has 2 N–H and O–H groups in total. The summed E-state index contributed by atoms with van der Waals surface area (Å²) in [5, 5.41) is 5.86. The number of aldehydes is 1.